The minimum absolute atomic E-state index is 0.00773. The predicted molar refractivity (Wildman–Crippen MR) is 116 cm³/mol. The highest BCUT2D eigenvalue weighted by molar-refractivity contribution is 6.00. The first-order valence-electron chi connectivity index (χ1n) is 11.5. The summed E-state index contributed by atoms with van der Waals surface area (Å²) in [4.78, 5) is 32.8. The number of hydrazone groups is 1. The number of hydrogen-bond donors (Lipinski definition) is 1. The number of para-hydroxylation sites is 1. The highest BCUT2D eigenvalue weighted by Gasteiger charge is 2.51. The quantitative estimate of drug-likeness (QED) is 0.830. The molecular weight excluding hydrogens is 378 g/mol. The van der Waals surface area contributed by atoms with E-state index in [1.165, 1.54) is 12.0 Å². The van der Waals surface area contributed by atoms with Crippen LogP contribution in [-0.4, -0.2) is 58.8 Å². The fourth-order valence-electron chi connectivity index (χ4n) is 5.69. The fourth-order valence-corrected chi connectivity index (χ4v) is 5.69. The molecule has 3 aliphatic heterocycles. The number of nitrogens with one attached hydrogen (secondary N) is 1. The number of carbonyl (C=O) groups excluding carboxylic acids is 2. The van der Waals surface area contributed by atoms with Gasteiger partial charge in [0.15, 0.2) is 6.17 Å². The molecule has 5 rings (SSSR count). The van der Waals surface area contributed by atoms with E-state index in [0.717, 1.165) is 63.0 Å². The zero-order valence-corrected chi connectivity index (χ0v) is 17.7. The van der Waals surface area contributed by atoms with Crippen molar-refractivity contribution < 1.29 is 9.59 Å². The monoisotopic (exact) mass is 409 g/mol. The molecule has 0 bridgehead atoms. The van der Waals surface area contributed by atoms with Crippen LogP contribution in [0, 0.1) is 0 Å². The molecule has 160 valence electrons. The maximum atomic E-state index is 13.5. The van der Waals surface area contributed by atoms with Crippen LogP contribution in [0.25, 0.3) is 0 Å². The molecule has 0 spiro atoms. The smallest absolute Gasteiger partial charge is 0.268 e. The van der Waals surface area contributed by atoms with Gasteiger partial charge in [0.25, 0.3) is 5.91 Å². The van der Waals surface area contributed by atoms with E-state index in [2.05, 4.69) is 28.4 Å². The third-order valence-corrected chi connectivity index (χ3v) is 7.05. The number of amidine groups is 1. The predicted octanol–water partition coefficient (Wildman–Crippen LogP) is 2.46. The van der Waals surface area contributed by atoms with E-state index in [1.807, 2.05) is 28.0 Å². The molecule has 2 amide bonds. The summed E-state index contributed by atoms with van der Waals surface area (Å²) in [6.07, 6.45) is 7.69. The van der Waals surface area contributed by atoms with Gasteiger partial charge in [0.1, 0.15) is 12.4 Å². The summed E-state index contributed by atoms with van der Waals surface area (Å²) in [6, 6.07) is 8.49. The van der Waals surface area contributed by atoms with E-state index >= 15 is 0 Å². The van der Waals surface area contributed by atoms with Crippen LogP contribution in [0.3, 0.4) is 0 Å². The van der Waals surface area contributed by atoms with Gasteiger partial charge in [0.2, 0.25) is 5.91 Å². The van der Waals surface area contributed by atoms with Crippen LogP contribution >= 0.6 is 0 Å². The fraction of sp³-hybridized carbons (Fsp3) is 0.609. The molecule has 0 aromatic heterocycles. The number of aryl methyl sites for hydroxylation is 1. The summed E-state index contributed by atoms with van der Waals surface area (Å²) in [6.45, 7) is 3.02. The third kappa shape index (κ3) is 3.15. The van der Waals surface area contributed by atoms with E-state index < -0.39 is 6.17 Å². The van der Waals surface area contributed by atoms with Crippen molar-refractivity contribution >= 4 is 23.3 Å². The van der Waals surface area contributed by atoms with Gasteiger partial charge in [-0.05, 0) is 43.7 Å². The van der Waals surface area contributed by atoms with E-state index in [4.69, 9.17) is 0 Å². The van der Waals surface area contributed by atoms with E-state index in [1.54, 1.807) is 0 Å². The molecule has 30 heavy (non-hydrogen) atoms. The minimum atomic E-state index is -0.452. The Morgan fingerprint density at radius 1 is 1.17 bits per heavy atom. The Morgan fingerprint density at radius 2 is 1.97 bits per heavy atom. The Bertz CT molecular complexity index is 869. The first-order valence-corrected chi connectivity index (χ1v) is 11.5. The number of rotatable bonds is 4. The lowest BCUT2D eigenvalue weighted by molar-refractivity contribution is -0.151. The summed E-state index contributed by atoms with van der Waals surface area (Å²) in [5.74, 6) is 1.02. The molecule has 3 heterocycles. The molecule has 4 aliphatic rings. The van der Waals surface area contributed by atoms with Crippen molar-refractivity contribution in [1.29, 1.82) is 0 Å². The first kappa shape index (κ1) is 19.4. The number of amides is 2. The lowest BCUT2D eigenvalue weighted by atomic mass is 9.85. The Kier molecular flexibility index (Phi) is 5.13. The maximum Gasteiger partial charge on any atom is 0.268 e. The Morgan fingerprint density at radius 3 is 2.80 bits per heavy atom. The van der Waals surface area contributed by atoms with Gasteiger partial charge in [-0.25, -0.2) is 0 Å². The van der Waals surface area contributed by atoms with Crippen molar-refractivity contribution in [2.75, 3.05) is 18.0 Å². The van der Waals surface area contributed by atoms with E-state index in [-0.39, 0.29) is 30.4 Å². The van der Waals surface area contributed by atoms with Crippen molar-refractivity contribution in [3.05, 3.63) is 29.8 Å². The van der Waals surface area contributed by atoms with Crippen molar-refractivity contribution in [3.63, 3.8) is 0 Å². The first-order chi connectivity index (χ1) is 14.7. The Hall–Kier alpha value is -2.57. The molecule has 1 aliphatic carbocycles. The van der Waals surface area contributed by atoms with Gasteiger partial charge in [-0.1, -0.05) is 38.0 Å². The molecule has 2 fully saturated rings. The topological polar surface area (TPSA) is 68.2 Å². The van der Waals surface area contributed by atoms with Crippen LogP contribution in [0.2, 0.25) is 0 Å². The van der Waals surface area contributed by atoms with Crippen molar-refractivity contribution in [3.8, 4) is 0 Å². The number of benzene rings is 1. The highest BCUT2D eigenvalue weighted by Crippen LogP contribution is 2.35. The summed E-state index contributed by atoms with van der Waals surface area (Å²) in [7, 11) is 0. The van der Waals surface area contributed by atoms with Gasteiger partial charge in [0, 0.05) is 18.7 Å². The summed E-state index contributed by atoms with van der Waals surface area (Å²) in [5, 5.41) is 4.49. The Balaban J connectivity index is 1.39. The molecule has 1 N–H and O–H groups in total. The molecule has 7 heteroatoms. The second-order valence-electron chi connectivity index (χ2n) is 8.88. The molecule has 1 saturated heterocycles. The molecule has 1 aromatic carbocycles. The normalized spacial score (nSPS) is 27.8. The van der Waals surface area contributed by atoms with Crippen LogP contribution in [0.4, 0.5) is 5.69 Å². The zero-order chi connectivity index (χ0) is 20.7. The molecule has 3 atom stereocenters. The van der Waals surface area contributed by atoms with Gasteiger partial charge in [-0.3, -0.25) is 15.0 Å². The average molecular weight is 410 g/mol. The van der Waals surface area contributed by atoms with Gasteiger partial charge in [0.05, 0.1) is 12.1 Å². The molecular formula is C23H31N5O2. The SMILES string of the molecule is CCCC1=NNC2C(=O)N(CC(=O)N3CCCc4ccccc43)C3CCCCC3N12. The van der Waals surface area contributed by atoms with Crippen LogP contribution in [0.1, 0.15) is 57.4 Å². The number of anilines is 1. The highest BCUT2D eigenvalue weighted by atomic mass is 16.2. The molecule has 1 aromatic rings. The van der Waals surface area contributed by atoms with Crippen molar-refractivity contribution in [1.82, 2.24) is 15.2 Å². The van der Waals surface area contributed by atoms with E-state index in [0.29, 0.717) is 0 Å². The molecule has 1 saturated carbocycles. The van der Waals surface area contributed by atoms with Gasteiger partial charge < -0.3 is 14.7 Å². The zero-order valence-electron chi connectivity index (χ0n) is 17.7. The van der Waals surface area contributed by atoms with Gasteiger partial charge in [-0.15, -0.1) is 0 Å². The number of nitrogens with zero attached hydrogens (tertiary/aromatic N) is 4. The Labute approximate surface area is 178 Å². The summed E-state index contributed by atoms with van der Waals surface area (Å²) < 4.78 is 0. The van der Waals surface area contributed by atoms with Crippen LogP contribution < -0.4 is 10.3 Å². The number of fused-ring (bicyclic) bond motifs is 4. The minimum Gasteiger partial charge on any atom is -0.325 e. The number of hydrogen-bond acceptors (Lipinski definition) is 5. The van der Waals surface area contributed by atoms with Crippen molar-refractivity contribution in [2.45, 2.75) is 76.5 Å². The van der Waals surface area contributed by atoms with Crippen LogP contribution in [0.5, 0.6) is 0 Å². The van der Waals surface area contributed by atoms with Gasteiger partial charge >= 0.3 is 0 Å². The summed E-state index contributed by atoms with van der Waals surface area (Å²) >= 11 is 0. The van der Waals surface area contributed by atoms with Crippen LogP contribution in [0.15, 0.2) is 29.4 Å². The molecule has 3 unspecified atom stereocenters. The van der Waals surface area contributed by atoms with Gasteiger partial charge in [-0.2, -0.15) is 5.10 Å². The third-order valence-electron chi connectivity index (χ3n) is 7.05. The molecule has 0 radical (unpaired) electrons. The largest absolute Gasteiger partial charge is 0.325 e. The standard InChI is InChI=1S/C23H31N5O2/c1-2-8-20-24-25-22-23(30)27(18-12-5-6-13-19(18)28(20)22)15-21(29)26-14-7-10-16-9-3-4-11-17(16)26/h3-4,9,11,18-19,22,25H,2,5-8,10,12-15H2,1H3. The second kappa shape index (κ2) is 7.93. The number of carbonyl (C=O) groups is 2. The lowest BCUT2D eigenvalue weighted by Crippen LogP contribution is -2.70. The average Bonchev–Trinajstić information content (AvgIpc) is 3.20. The van der Waals surface area contributed by atoms with E-state index in [9.17, 15) is 9.59 Å². The number of piperazine rings is 1. The summed E-state index contributed by atoms with van der Waals surface area (Å²) in [5.41, 5.74) is 5.30. The second-order valence-corrected chi connectivity index (χ2v) is 8.88. The van der Waals surface area contributed by atoms with Crippen LogP contribution in [-0.2, 0) is 16.0 Å². The lowest BCUT2D eigenvalue weighted by Gasteiger charge is -2.51. The van der Waals surface area contributed by atoms with Crippen molar-refractivity contribution in [2.24, 2.45) is 5.10 Å². The molecule has 7 nitrogen and oxygen atoms in total. The maximum absolute atomic E-state index is 13.5.